The fourth-order valence-electron chi connectivity index (χ4n) is 121. The minimum Gasteiger partial charge on any atom is -0.0458 e. The lowest BCUT2D eigenvalue weighted by Crippen LogP contribution is -3.59. The lowest BCUT2D eigenvalue weighted by atomic mass is 8.41. The molecule has 0 heteroatoms. The highest BCUT2D eigenvalue weighted by atomic mass is 15.7. The van der Waals surface area contributed by atoms with Crippen molar-refractivity contribution in [1.29, 1.82) is 0 Å². The van der Waals surface area contributed by atoms with Gasteiger partial charge in [-0.05, 0) is 616 Å². The van der Waals surface area contributed by atoms with Crippen molar-refractivity contribution in [1.82, 2.24) is 0 Å². The van der Waals surface area contributed by atoms with Crippen molar-refractivity contribution >= 4 is 0 Å². The molecule has 100 atom stereocenters. The monoisotopic (exact) mass is 1360 g/mol. The molecule has 78 fully saturated rings. The summed E-state index contributed by atoms with van der Waals surface area (Å²) < 4.78 is 0. The van der Waals surface area contributed by atoms with E-state index in [9.17, 15) is 0 Å². The van der Waals surface area contributed by atoms with Gasteiger partial charge in [0.25, 0.3) is 0 Å². The highest BCUT2D eigenvalue weighted by molar-refractivity contribution is 6.39. The average molecular weight is 1360 g/mol. The molecule has 0 amide bonds. The lowest BCUT2D eigenvalue weighted by molar-refractivity contribution is -1.14. The van der Waals surface area contributed by atoms with Gasteiger partial charge in [0.15, 0.2) is 0 Å². The molecule has 0 N–H and O–H groups in total. The first-order valence-electron chi connectivity index (χ1n) is 53.8. The van der Waals surface area contributed by atoms with E-state index in [1.54, 1.807) is 0 Å². The summed E-state index contributed by atoms with van der Waals surface area (Å²) in [4.78, 5) is 0. The van der Waals surface area contributed by atoms with Crippen LogP contribution in [-0.4, -0.2) is 0 Å². The maximum atomic E-state index is 1.84. The average Bonchev–Trinajstić information content (AvgIpc) is 0.425. The van der Waals surface area contributed by atoms with Crippen molar-refractivity contribution in [2.24, 2.45) is 547 Å². The first-order valence-corrected chi connectivity index (χ1v) is 53.8. The molecule has 0 saturated heterocycles. The third-order valence-electron chi connectivity index (χ3n) is 95.1. The lowest BCUT2D eigenvalue weighted by Gasteiger charge is -3.61. The summed E-state index contributed by atoms with van der Waals surface area (Å²) >= 11 is 0. The Balaban J connectivity index is 0.410. The molecule has 0 bridgehead atoms. The quantitative estimate of drug-likeness (QED) is 0.228. The van der Waals surface area contributed by atoms with E-state index in [4.69, 9.17) is 0 Å². The topological polar surface area (TPSA) is 0 Å². The second kappa shape index (κ2) is 5.54. The zero-order chi connectivity index (χ0) is 59.0. The van der Waals surface area contributed by atoms with E-state index in [1.165, 1.54) is 320 Å². The van der Waals surface area contributed by atoms with Crippen LogP contribution in [0.4, 0.5) is 0 Å². The predicted molar refractivity (Wildman–Crippen MR) is 335 cm³/mol. The Morgan fingerprint density at radius 3 is 0.241 bits per heavy atom. The number of fused-ring (bicyclic) bond motifs is 50. The van der Waals surface area contributed by atoms with Gasteiger partial charge in [-0.1, -0.05) is 0 Å². The van der Waals surface area contributed by atoms with E-state index in [1.807, 2.05) is 25.7 Å². The molecule has 0 nitrogen and oxygen atoms in total. The molecule has 78 rings (SSSR count). The van der Waals surface area contributed by atoms with Gasteiger partial charge in [-0.3, -0.25) is 0 Å². The van der Waals surface area contributed by atoms with Gasteiger partial charge in [0.2, 0.25) is 0 Å². The fourth-order valence-corrected chi connectivity index (χ4v) is 121. The van der Waals surface area contributed by atoms with Crippen LogP contribution in [0.15, 0.2) is 0 Å². The molecule has 0 aliphatic heterocycles. The van der Waals surface area contributed by atoms with Gasteiger partial charge in [0.05, 0.1) is 0 Å². The summed E-state index contributed by atoms with van der Waals surface area (Å²) in [7, 11) is 0. The summed E-state index contributed by atoms with van der Waals surface area (Å²) in [5.74, 6) is 77.1. The third kappa shape index (κ3) is 0.816. The molecule has 0 heterocycles. The van der Waals surface area contributed by atoms with Crippen LogP contribution >= 0.6 is 0 Å². The van der Waals surface area contributed by atoms with E-state index in [-0.39, 0.29) is 0 Å². The van der Waals surface area contributed by atoms with Crippen molar-refractivity contribution in [3.63, 3.8) is 0 Å². The molecule has 0 aromatic heterocycles. The SMILES string of the molecule is C1C2C3CC4C5C6C7C8C9C%10C%11C%12C%13C%14C%15C%16C%17C%18C%19C%20C%21C%22C%23C%24C%25C%26C%27C%28CC%29C%30CC%31C%32C%33C%34C%35C%36C%37C%38C%39C%40C%41C%42C%43C%44C%45C%46C%47C%48C%49C%50C%51C%52C%53C%54C1C21C34C52C%541C%531C62C72C%521C%511C82C92C%501C%491C%102C%112C%481C%471C%122C%132C%461C%451C%142C%152C%441C%431C%423C%414C%405C%396C%387C%378C%369C%35%10C%34%11C%33%12C%32%13C%30%31C%29%28C%27%13C%26%12C%25%11C%24%10C%239C%228C%217C%206C%195C%184C%173C%1621. The first kappa shape index (κ1) is 36.1. The zero-order valence-corrected chi connectivity index (χ0v) is 59.0. The zero-order valence-electron chi connectivity index (χ0n) is 59.0. The van der Waals surface area contributed by atoms with Crippen LogP contribution in [-0.2, 0) is 0 Å². The van der Waals surface area contributed by atoms with Gasteiger partial charge >= 0.3 is 0 Å². The van der Waals surface area contributed by atoms with Crippen LogP contribution in [0.5, 0.6) is 0 Å². The highest BCUT2D eigenvalue weighted by Crippen LogP contribution is 3.71. The summed E-state index contributed by atoms with van der Waals surface area (Å²) in [6.07, 6.45) is 7.38. The Hall–Kier alpha value is 0. The van der Waals surface area contributed by atoms with Crippen LogP contribution in [0.2, 0.25) is 0 Å². The highest BCUT2D eigenvalue weighted by Gasteiger charge is 3.68. The standard InChI is InChI=1S/C108H62/c1-5-6-2-10-14-18-22-26-30-34-38-42-46-50-55-58-56-52-48-44-40-36-32-28-24-20-16-12-4-8-7-3-11-15-19-23-27-31-35-39-43-47-51-54-57-53-49-45-41-37-33-29-25-21-17-13-9(1)59(5)60(6,10)64(14)63(13,59)67(17)68(18,64)72(22)71(21,67)75(25)76(26,72)80(30)79(29,75)83(33)84(34,80)88(38)87(37,83)91(41)92(42,88)96(46)95(45,91)99(49)100(50,96)104(55)103(53,99)107(57)105(54)101(51)97(47)93(43)89(39)85(35)81(31)77(27)73(23)69(19)65(15)61(7,11)62(8,12)66(16,65)70(20,69)74(24,73)78(28,77)82(32,81)86(36,85)90(40,89)94(44,93)98(48,97)102(52,101)106(56,105)108(58,104)107/h5-58H,1-4H2. The van der Waals surface area contributed by atoms with Crippen LogP contribution < -0.4 is 0 Å². The Morgan fingerprint density at radius 1 is 0.0741 bits per heavy atom. The van der Waals surface area contributed by atoms with Gasteiger partial charge in [-0.2, -0.15) is 0 Å². The minimum absolute atomic E-state index is 1.10. The molecule has 494 valence electrons. The van der Waals surface area contributed by atoms with Crippen LogP contribution in [0.3, 0.4) is 0 Å². The summed E-state index contributed by atoms with van der Waals surface area (Å²) in [6.45, 7) is 0. The fraction of sp³-hybridized carbons (Fsp3) is 1.00. The smallest absolute Gasteiger partial charge is 0.00502 e. The maximum Gasteiger partial charge on any atom is -0.00502 e. The van der Waals surface area contributed by atoms with E-state index in [2.05, 4.69) is 0 Å². The molecule has 0 aromatic carbocycles. The molecule has 78 saturated carbocycles. The molecular weight excluding hydrogens is 1300 g/mol. The van der Waals surface area contributed by atoms with Crippen molar-refractivity contribution in [2.45, 2.75) is 25.7 Å². The molecule has 78 aliphatic carbocycles. The molecule has 50 spiro atoms. The summed E-state index contributed by atoms with van der Waals surface area (Å²) in [6, 6.07) is 0. The first-order chi connectivity index (χ1) is 53.8. The largest absolute Gasteiger partial charge is 0.0458 e. The van der Waals surface area contributed by atoms with Gasteiger partial charge in [0, 0.05) is 0 Å². The second-order valence-corrected chi connectivity index (χ2v) is 70.6. The van der Waals surface area contributed by atoms with Gasteiger partial charge in [-0.25, -0.2) is 0 Å². The predicted octanol–water partition coefficient (Wildman–Crippen LogP) is 8.85. The number of hydrogen-bond acceptors (Lipinski definition) is 0. The molecule has 78 aliphatic rings. The van der Waals surface area contributed by atoms with E-state index in [0.717, 1.165) is 271 Å². The molecule has 108 heavy (non-hydrogen) atoms. The third-order valence-corrected chi connectivity index (χ3v) is 95.1. The van der Waals surface area contributed by atoms with E-state index in [0.29, 0.717) is 0 Å². The number of hydrogen-bond donors (Lipinski definition) is 0. The Kier molecular flexibility index (Phi) is 1.85. The van der Waals surface area contributed by atoms with Gasteiger partial charge in [0.1, 0.15) is 0 Å². The summed E-state index contributed by atoms with van der Waals surface area (Å²) in [5.41, 5.74) is 56.0. The number of rotatable bonds is 0. The Labute approximate surface area is 611 Å². The molecule has 0 aromatic rings. The van der Waals surface area contributed by atoms with Crippen LogP contribution in [0.1, 0.15) is 25.7 Å². The van der Waals surface area contributed by atoms with Gasteiger partial charge < -0.3 is 0 Å². The minimum atomic E-state index is 1.10. The second-order valence-electron chi connectivity index (χ2n) is 70.6. The molecular formula is C108H62. The van der Waals surface area contributed by atoms with Crippen molar-refractivity contribution in [3.05, 3.63) is 43.3 Å². The van der Waals surface area contributed by atoms with E-state index < -0.39 is 0 Å². The van der Waals surface area contributed by atoms with Crippen LogP contribution in [0, 0.1) is 590 Å². The maximum absolute atomic E-state index is 1.84. The Bertz CT molecular complexity index is 7340. The van der Waals surface area contributed by atoms with Gasteiger partial charge in [-0.15, -0.1) is 0 Å². The normalized spacial score (nSPS) is 144. The van der Waals surface area contributed by atoms with Crippen molar-refractivity contribution < 1.29 is 0 Å². The van der Waals surface area contributed by atoms with E-state index >= 15 is 0 Å². The molecule has 100 unspecified atom stereocenters. The molecule has 0 radical (unpaired) electrons. The van der Waals surface area contributed by atoms with Crippen molar-refractivity contribution in [2.75, 3.05) is 0 Å². The van der Waals surface area contributed by atoms with Crippen LogP contribution in [0.25, 0.3) is 0 Å². The Morgan fingerprint density at radius 2 is 0.148 bits per heavy atom. The van der Waals surface area contributed by atoms with Crippen molar-refractivity contribution in [3.8, 4) is 0 Å². The summed E-state index contributed by atoms with van der Waals surface area (Å²) in [5, 5.41) is 0.